The third-order valence-electron chi connectivity index (χ3n) is 3.13. The summed E-state index contributed by atoms with van der Waals surface area (Å²) in [5, 5.41) is 8.82. The molecular weight excluding hydrogens is 334 g/mol. The van der Waals surface area contributed by atoms with Crippen molar-refractivity contribution >= 4 is 31.7 Å². The highest BCUT2D eigenvalue weighted by molar-refractivity contribution is 9.10. The molecule has 0 spiro atoms. The van der Waals surface area contributed by atoms with Crippen LogP contribution in [0.1, 0.15) is 19.3 Å². The molecule has 1 amide bonds. The molecule has 5 nitrogen and oxygen atoms in total. The van der Waals surface area contributed by atoms with E-state index in [2.05, 4.69) is 15.9 Å². The molecule has 7 heteroatoms. The van der Waals surface area contributed by atoms with Crippen LogP contribution in [0.15, 0.2) is 33.6 Å². The lowest BCUT2D eigenvalue weighted by atomic mass is 10.2. The van der Waals surface area contributed by atoms with Crippen LogP contribution >= 0.6 is 15.9 Å². The maximum Gasteiger partial charge on any atom is 0.264 e. The van der Waals surface area contributed by atoms with Crippen molar-refractivity contribution in [3.05, 3.63) is 28.7 Å². The highest BCUT2D eigenvalue weighted by Gasteiger charge is 2.37. The zero-order valence-electron chi connectivity index (χ0n) is 10.1. The van der Waals surface area contributed by atoms with Crippen LogP contribution in [-0.2, 0) is 14.6 Å². The smallest absolute Gasteiger partial charge is 0.264 e. The molecule has 0 saturated carbocycles. The van der Waals surface area contributed by atoms with Gasteiger partial charge in [-0.3, -0.25) is 10.0 Å². The van der Waals surface area contributed by atoms with Crippen LogP contribution in [0.5, 0.6) is 0 Å². The van der Waals surface area contributed by atoms with E-state index in [1.807, 2.05) is 0 Å². The molecule has 0 aromatic heterocycles. The first kappa shape index (κ1) is 14.5. The molecule has 19 heavy (non-hydrogen) atoms. The van der Waals surface area contributed by atoms with Crippen LogP contribution in [-0.4, -0.2) is 36.4 Å². The van der Waals surface area contributed by atoms with E-state index in [4.69, 9.17) is 0 Å². The van der Waals surface area contributed by atoms with Crippen LogP contribution in [0, 0.1) is 0 Å². The Morgan fingerprint density at radius 3 is 2.47 bits per heavy atom. The molecule has 0 radical (unpaired) electrons. The van der Waals surface area contributed by atoms with E-state index in [9.17, 15) is 18.4 Å². The summed E-state index contributed by atoms with van der Waals surface area (Å²) in [6.07, 6.45) is 1.45. The summed E-state index contributed by atoms with van der Waals surface area (Å²) in [4.78, 5) is 12.0. The Bertz CT molecular complexity index is 570. The number of hydroxylamine groups is 2. The summed E-state index contributed by atoms with van der Waals surface area (Å²) in [5.74, 6) is -0.736. The molecule has 1 fully saturated rings. The zero-order chi connectivity index (χ0) is 14.0. The quantitative estimate of drug-likeness (QED) is 0.830. The van der Waals surface area contributed by atoms with Gasteiger partial charge in [-0.25, -0.2) is 13.5 Å². The Morgan fingerprint density at radius 2 is 1.84 bits per heavy atom. The van der Waals surface area contributed by atoms with Crippen molar-refractivity contribution < 1.29 is 18.4 Å². The molecule has 1 heterocycles. The molecule has 2 rings (SSSR count). The van der Waals surface area contributed by atoms with Gasteiger partial charge in [-0.1, -0.05) is 15.9 Å². The second-order valence-electron chi connectivity index (χ2n) is 4.44. The fourth-order valence-corrected chi connectivity index (χ4v) is 4.04. The Labute approximate surface area is 120 Å². The predicted octanol–water partition coefficient (Wildman–Crippen LogP) is 1.99. The van der Waals surface area contributed by atoms with Crippen molar-refractivity contribution in [2.45, 2.75) is 29.4 Å². The van der Waals surface area contributed by atoms with Gasteiger partial charge in [0.1, 0.15) is 5.25 Å². The molecule has 1 aromatic carbocycles. The maximum absolute atomic E-state index is 12.4. The predicted molar refractivity (Wildman–Crippen MR) is 72.5 cm³/mol. The van der Waals surface area contributed by atoms with Gasteiger partial charge in [0.25, 0.3) is 5.91 Å². The van der Waals surface area contributed by atoms with Crippen LogP contribution < -0.4 is 0 Å². The van der Waals surface area contributed by atoms with Gasteiger partial charge in [0.15, 0.2) is 9.84 Å². The normalized spacial score (nSPS) is 21.3. The molecule has 1 unspecified atom stereocenters. The average Bonchev–Trinajstić information content (AvgIpc) is 2.53. The van der Waals surface area contributed by atoms with Crippen molar-refractivity contribution in [2.75, 3.05) is 6.54 Å². The van der Waals surface area contributed by atoms with Gasteiger partial charge >= 0.3 is 0 Å². The molecule has 1 aliphatic rings. The van der Waals surface area contributed by atoms with Crippen LogP contribution in [0.25, 0.3) is 0 Å². The van der Waals surface area contributed by atoms with Crippen molar-refractivity contribution in [1.29, 1.82) is 0 Å². The van der Waals surface area contributed by atoms with Crippen molar-refractivity contribution in [3.63, 3.8) is 0 Å². The second-order valence-corrected chi connectivity index (χ2v) is 7.49. The minimum absolute atomic E-state index is 0.101. The van der Waals surface area contributed by atoms with E-state index < -0.39 is 21.0 Å². The van der Waals surface area contributed by atoms with Gasteiger partial charge in [-0.2, -0.15) is 0 Å². The Kier molecular flexibility index (Phi) is 4.27. The third kappa shape index (κ3) is 2.98. The van der Waals surface area contributed by atoms with Crippen LogP contribution in [0.4, 0.5) is 0 Å². The summed E-state index contributed by atoms with van der Waals surface area (Å²) < 4.78 is 25.6. The minimum atomic E-state index is -3.76. The summed E-state index contributed by atoms with van der Waals surface area (Å²) in [5.41, 5.74) is 0. The SMILES string of the molecule is O=C1C(S(=O)(=O)c2ccc(Br)cc2)CCCCN1O. The summed E-state index contributed by atoms with van der Waals surface area (Å²) >= 11 is 3.23. The fourth-order valence-electron chi connectivity index (χ4n) is 2.07. The van der Waals surface area contributed by atoms with Crippen molar-refractivity contribution in [1.82, 2.24) is 5.06 Å². The lowest BCUT2D eigenvalue weighted by molar-refractivity contribution is -0.163. The average molecular weight is 348 g/mol. The van der Waals surface area contributed by atoms with Gasteiger partial charge in [-0.15, -0.1) is 0 Å². The molecule has 1 atom stereocenters. The summed E-state index contributed by atoms with van der Waals surface area (Å²) in [7, 11) is -3.76. The third-order valence-corrected chi connectivity index (χ3v) is 5.78. The maximum atomic E-state index is 12.4. The zero-order valence-corrected chi connectivity index (χ0v) is 12.5. The molecule has 1 saturated heterocycles. The first-order valence-corrected chi connectivity index (χ1v) is 8.26. The van der Waals surface area contributed by atoms with Gasteiger partial charge < -0.3 is 0 Å². The number of rotatable bonds is 2. The first-order valence-electron chi connectivity index (χ1n) is 5.92. The highest BCUT2D eigenvalue weighted by atomic mass is 79.9. The largest absolute Gasteiger partial charge is 0.286 e. The number of amides is 1. The molecule has 1 N–H and O–H groups in total. The fraction of sp³-hybridized carbons (Fsp3) is 0.417. The minimum Gasteiger partial charge on any atom is -0.286 e. The number of nitrogens with zero attached hydrogens (tertiary/aromatic N) is 1. The lowest BCUT2D eigenvalue weighted by Gasteiger charge is -2.18. The van der Waals surface area contributed by atoms with E-state index in [0.717, 1.165) is 4.47 Å². The Hall–Kier alpha value is -0.920. The van der Waals surface area contributed by atoms with Gasteiger partial charge in [0, 0.05) is 11.0 Å². The summed E-state index contributed by atoms with van der Waals surface area (Å²) in [6, 6.07) is 6.15. The molecule has 1 aliphatic heterocycles. The van der Waals surface area contributed by atoms with E-state index in [-0.39, 0.29) is 17.9 Å². The number of benzene rings is 1. The second kappa shape index (κ2) is 5.60. The molecule has 104 valence electrons. The van der Waals surface area contributed by atoms with Gasteiger partial charge in [0.05, 0.1) is 4.90 Å². The van der Waals surface area contributed by atoms with E-state index >= 15 is 0 Å². The monoisotopic (exact) mass is 347 g/mol. The molecule has 0 bridgehead atoms. The topological polar surface area (TPSA) is 74.7 Å². The van der Waals surface area contributed by atoms with Crippen LogP contribution in [0.3, 0.4) is 0 Å². The number of hydrogen-bond donors (Lipinski definition) is 1. The van der Waals surface area contributed by atoms with E-state index in [1.165, 1.54) is 12.1 Å². The Morgan fingerprint density at radius 1 is 1.21 bits per heavy atom. The van der Waals surface area contributed by atoms with E-state index in [1.54, 1.807) is 12.1 Å². The number of carbonyl (C=O) groups excluding carboxylic acids is 1. The molecule has 0 aliphatic carbocycles. The number of carbonyl (C=O) groups is 1. The Balaban J connectivity index is 2.37. The summed E-state index contributed by atoms with van der Waals surface area (Å²) in [6.45, 7) is 0.186. The van der Waals surface area contributed by atoms with Gasteiger partial charge in [0.2, 0.25) is 0 Å². The number of hydrogen-bond acceptors (Lipinski definition) is 4. The number of halogens is 1. The van der Waals surface area contributed by atoms with Crippen LogP contribution in [0.2, 0.25) is 0 Å². The van der Waals surface area contributed by atoms with E-state index in [0.29, 0.717) is 17.9 Å². The number of sulfone groups is 1. The van der Waals surface area contributed by atoms with Crippen molar-refractivity contribution in [3.8, 4) is 0 Å². The lowest BCUT2D eigenvalue weighted by Crippen LogP contribution is -2.39. The molecule has 1 aromatic rings. The first-order chi connectivity index (χ1) is 8.93. The van der Waals surface area contributed by atoms with Gasteiger partial charge in [-0.05, 0) is 43.5 Å². The van der Waals surface area contributed by atoms with Crippen molar-refractivity contribution in [2.24, 2.45) is 0 Å². The standard InChI is InChI=1S/C12H14BrNO4S/c13-9-4-6-10(7-5-9)19(17,18)11-3-1-2-8-14(16)12(11)15/h4-7,11,16H,1-3,8H2. The highest BCUT2D eigenvalue weighted by Crippen LogP contribution is 2.25. The molecular formula is C12H14BrNO4S.